The van der Waals surface area contributed by atoms with Gasteiger partial charge < -0.3 is 16.2 Å². The van der Waals surface area contributed by atoms with E-state index in [9.17, 15) is 9.59 Å². The molecule has 128 valence electrons. The summed E-state index contributed by atoms with van der Waals surface area (Å²) in [6, 6.07) is -0.260. The molecule has 1 aliphatic rings. The predicted molar refractivity (Wildman–Crippen MR) is 87.7 cm³/mol. The third-order valence-electron chi connectivity index (χ3n) is 5.06. The summed E-state index contributed by atoms with van der Waals surface area (Å²) in [5.74, 6) is -1.19. The lowest BCUT2D eigenvalue weighted by atomic mass is 9.78. The maximum absolute atomic E-state index is 11.9. The third kappa shape index (κ3) is 5.06. The first kappa shape index (κ1) is 19.1. The molecule has 0 bridgehead atoms. The summed E-state index contributed by atoms with van der Waals surface area (Å²) in [5.41, 5.74) is 6.11. The van der Waals surface area contributed by atoms with Crippen LogP contribution in [0.25, 0.3) is 0 Å². The normalized spacial score (nSPS) is 23.2. The van der Waals surface area contributed by atoms with Gasteiger partial charge in [-0.05, 0) is 37.0 Å². The molecule has 1 saturated carbocycles. The quantitative estimate of drug-likeness (QED) is 0.639. The van der Waals surface area contributed by atoms with Gasteiger partial charge in [-0.25, -0.2) is 0 Å². The maximum Gasteiger partial charge on any atom is 0.305 e. The highest BCUT2D eigenvalue weighted by Crippen LogP contribution is 2.48. The number of hydrogen-bond donors (Lipinski definition) is 3. The minimum atomic E-state index is -1.03. The number of aliphatic carboxylic acids is 1. The van der Waals surface area contributed by atoms with E-state index >= 15 is 0 Å². The smallest absolute Gasteiger partial charge is 0.305 e. The molecule has 0 saturated heterocycles. The van der Waals surface area contributed by atoms with Gasteiger partial charge in [-0.1, -0.05) is 27.7 Å². The third-order valence-corrected chi connectivity index (χ3v) is 5.06. The zero-order valence-corrected chi connectivity index (χ0v) is 14.6. The molecular weight excluding hydrogens is 280 g/mol. The van der Waals surface area contributed by atoms with Gasteiger partial charge in [-0.2, -0.15) is 0 Å². The zero-order valence-electron chi connectivity index (χ0n) is 14.6. The van der Waals surface area contributed by atoms with E-state index < -0.39 is 12.0 Å². The van der Waals surface area contributed by atoms with E-state index in [1.165, 1.54) is 12.8 Å². The molecule has 0 spiro atoms. The molecule has 0 aromatic carbocycles. The number of hydrogen-bond acceptors (Lipinski definition) is 4. The predicted octanol–water partition coefficient (Wildman–Crippen LogP) is 2.33. The highest BCUT2D eigenvalue weighted by atomic mass is 16.4. The van der Waals surface area contributed by atoms with Crippen molar-refractivity contribution in [1.29, 1.82) is 0 Å². The first-order valence-electron chi connectivity index (χ1n) is 8.22. The minimum absolute atomic E-state index is 0.166. The van der Waals surface area contributed by atoms with Crippen LogP contribution in [0.2, 0.25) is 0 Å². The number of ketones is 1. The number of carboxylic acid groups (broad SMARTS) is 1. The topological polar surface area (TPSA) is 92.4 Å². The van der Waals surface area contributed by atoms with Crippen molar-refractivity contribution in [3.8, 4) is 0 Å². The molecule has 1 unspecified atom stereocenters. The van der Waals surface area contributed by atoms with Crippen LogP contribution in [0.1, 0.15) is 66.7 Å². The summed E-state index contributed by atoms with van der Waals surface area (Å²) >= 11 is 0. The molecule has 5 heteroatoms. The lowest BCUT2D eigenvalue weighted by Gasteiger charge is -2.38. The number of rotatable bonds is 8. The van der Waals surface area contributed by atoms with Gasteiger partial charge >= 0.3 is 5.97 Å². The van der Waals surface area contributed by atoms with Crippen LogP contribution in [0.5, 0.6) is 0 Å². The molecule has 0 aromatic heterocycles. The Kier molecular flexibility index (Phi) is 6.16. The van der Waals surface area contributed by atoms with Crippen molar-refractivity contribution in [2.75, 3.05) is 0 Å². The van der Waals surface area contributed by atoms with Gasteiger partial charge in [0.1, 0.15) is 5.78 Å². The molecule has 1 fully saturated rings. The molecule has 0 aliphatic heterocycles. The summed E-state index contributed by atoms with van der Waals surface area (Å²) in [4.78, 5) is 22.4. The van der Waals surface area contributed by atoms with Crippen molar-refractivity contribution in [2.45, 2.75) is 84.8 Å². The Morgan fingerprint density at radius 3 is 2.18 bits per heavy atom. The molecule has 1 aliphatic carbocycles. The monoisotopic (exact) mass is 312 g/mol. The summed E-state index contributed by atoms with van der Waals surface area (Å²) < 4.78 is 0. The van der Waals surface area contributed by atoms with Crippen molar-refractivity contribution in [1.82, 2.24) is 5.32 Å². The second-order valence-electron chi connectivity index (χ2n) is 8.19. The highest BCUT2D eigenvalue weighted by Gasteiger charge is 2.46. The van der Waals surface area contributed by atoms with Gasteiger partial charge in [0.25, 0.3) is 0 Å². The minimum Gasteiger partial charge on any atom is -0.481 e. The molecule has 0 radical (unpaired) electrons. The Bertz CT molecular complexity index is 402. The Morgan fingerprint density at radius 1 is 1.23 bits per heavy atom. The number of carboxylic acids is 1. The summed E-state index contributed by atoms with van der Waals surface area (Å²) in [6.45, 7) is 11.3. The number of nitrogens with one attached hydrogen (secondary N) is 1. The van der Waals surface area contributed by atoms with Crippen molar-refractivity contribution < 1.29 is 14.7 Å². The lowest BCUT2D eigenvalue weighted by Crippen LogP contribution is -2.49. The van der Waals surface area contributed by atoms with E-state index in [0.717, 1.165) is 0 Å². The lowest BCUT2D eigenvalue weighted by molar-refractivity contribution is -0.139. The Balaban J connectivity index is 2.48. The summed E-state index contributed by atoms with van der Waals surface area (Å²) in [5, 5.41) is 12.4. The van der Waals surface area contributed by atoms with Crippen LogP contribution in [0.3, 0.4) is 0 Å². The van der Waals surface area contributed by atoms with Gasteiger partial charge in [0.2, 0.25) is 0 Å². The Labute approximate surface area is 134 Å². The maximum atomic E-state index is 11.9. The van der Waals surface area contributed by atoms with E-state index in [-0.39, 0.29) is 29.1 Å². The van der Waals surface area contributed by atoms with E-state index in [1.54, 1.807) is 0 Å². The Hall–Kier alpha value is -0.940. The van der Waals surface area contributed by atoms with Crippen LogP contribution in [0, 0.1) is 10.8 Å². The molecule has 1 rings (SSSR count). The van der Waals surface area contributed by atoms with Crippen LogP contribution < -0.4 is 11.1 Å². The van der Waals surface area contributed by atoms with E-state index in [2.05, 4.69) is 39.9 Å². The molecule has 0 amide bonds. The standard InChI is InChI=1S/C17H32N2O3/c1-11(6-7-13(20)12(18)10-14(21)22)19-15-16(2,3)8-9-17(15,4)5/h11-12,15,19H,6-10,18H2,1-5H3,(H,21,22)/t11?,12-/m0/s1. The number of Topliss-reactive ketones (excluding diaryl/α,β-unsaturated/α-hetero) is 1. The van der Waals surface area contributed by atoms with Crippen LogP contribution in [-0.4, -0.2) is 35.0 Å². The molecule has 4 N–H and O–H groups in total. The molecule has 5 nitrogen and oxygen atoms in total. The van der Waals surface area contributed by atoms with Crippen molar-refractivity contribution in [2.24, 2.45) is 16.6 Å². The second-order valence-corrected chi connectivity index (χ2v) is 8.19. The summed E-state index contributed by atoms with van der Waals surface area (Å²) in [7, 11) is 0. The second kappa shape index (κ2) is 7.09. The fourth-order valence-corrected chi connectivity index (χ4v) is 3.66. The first-order chi connectivity index (χ1) is 9.95. The van der Waals surface area contributed by atoms with Crippen molar-refractivity contribution in [3.05, 3.63) is 0 Å². The average Bonchev–Trinajstić information content (AvgIpc) is 2.58. The number of carbonyl (C=O) groups is 2. The van der Waals surface area contributed by atoms with Gasteiger partial charge in [0.05, 0.1) is 12.5 Å². The fourth-order valence-electron chi connectivity index (χ4n) is 3.66. The van der Waals surface area contributed by atoms with Gasteiger partial charge in [-0.15, -0.1) is 0 Å². The molecule has 0 heterocycles. The molecule has 22 heavy (non-hydrogen) atoms. The van der Waals surface area contributed by atoms with E-state index in [4.69, 9.17) is 10.8 Å². The van der Waals surface area contributed by atoms with Gasteiger partial charge in [-0.3, -0.25) is 9.59 Å². The van der Waals surface area contributed by atoms with Gasteiger partial charge in [0, 0.05) is 18.5 Å². The van der Waals surface area contributed by atoms with Crippen LogP contribution in [0.15, 0.2) is 0 Å². The molecule has 0 aromatic rings. The molecule has 2 atom stereocenters. The van der Waals surface area contributed by atoms with Crippen molar-refractivity contribution >= 4 is 11.8 Å². The number of nitrogens with two attached hydrogens (primary N) is 1. The largest absolute Gasteiger partial charge is 0.481 e. The first-order valence-corrected chi connectivity index (χ1v) is 8.22. The van der Waals surface area contributed by atoms with E-state index in [1.807, 2.05) is 0 Å². The van der Waals surface area contributed by atoms with Crippen LogP contribution in [0.4, 0.5) is 0 Å². The zero-order chi connectivity index (χ0) is 17.1. The highest BCUT2D eigenvalue weighted by molar-refractivity contribution is 5.87. The van der Waals surface area contributed by atoms with Crippen LogP contribution in [-0.2, 0) is 9.59 Å². The van der Waals surface area contributed by atoms with Crippen LogP contribution >= 0.6 is 0 Å². The SMILES string of the molecule is CC(CCC(=O)[C@@H](N)CC(=O)O)NC1C(C)(C)CCC1(C)C. The Morgan fingerprint density at radius 2 is 1.73 bits per heavy atom. The average molecular weight is 312 g/mol. The molecular formula is C17H32N2O3. The summed E-state index contributed by atoms with van der Waals surface area (Å²) in [6.07, 6.45) is 3.13. The van der Waals surface area contributed by atoms with Gasteiger partial charge in [0.15, 0.2) is 0 Å². The number of carbonyl (C=O) groups excluding carboxylic acids is 1. The van der Waals surface area contributed by atoms with E-state index in [0.29, 0.717) is 18.9 Å². The van der Waals surface area contributed by atoms with Crippen molar-refractivity contribution in [3.63, 3.8) is 0 Å². The fraction of sp³-hybridized carbons (Fsp3) is 0.882.